The molecule has 1 unspecified atom stereocenters. The van der Waals surface area contributed by atoms with Gasteiger partial charge in [0.15, 0.2) is 0 Å². The second-order valence-electron chi connectivity index (χ2n) is 9.43. The molecule has 0 saturated heterocycles. The van der Waals surface area contributed by atoms with Crippen LogP contribution in [0.2, 0.25) is 0 Å². The van der Waals surface area contributed by atoms with Gasteiger partial charge < -0.3 is 0 Å². The molecule has 0 spiro atoms. The van der Waals surface area contributed by atoms with Gasteiger partial charge in [-0.05, 0) is 54.3 Å². The summed E-state index contributed by atoms with van der Waals surface area (Å²) in [4.78, 5) is 18.4. The number of benzene rings is 3. The Labute approximate surface area is 200 Å². The lowest BCUT2D eigenvalue weighted by Gasteiger charge is -2.27. The van der Waals surface area contributed by atoms with Gasteiger partial charge in [0.1, 0.15) is 5.82 Å². The molecule has 0 fully saturated rings. The molecule has 3 aromatic carbocycles. The summed E-state index contributed by atoms with van der Waals surface area (Å²) in [5, 5.41) is 0.477. The van der Waals surface area contributed by atoms with E-state index in [9.17, 15) is 13.2 Å². The first-order chi connectivity index (χ1) is 16.0. The molecule has 1 atom stereocenters. The van der Waals surface area contributed by atoms with Crippen molar-refractivity contribution in [1.29, 1.82) is 0 Å². The highest BCUT2D eigenvalue weighted by atomic mass is 32.2. The monoisotopic (exact) mass is 475 g/mol. The van der Waals surface area contributed by atoms with Gasteiger partial charge in [-0.15, -0.1) is 0 Å². The van der Waals surface area contributed by atoms with Crippen molar-refractivity contribution in [2.24, 2.45) is 0 Å². The van der Waals surface area contributed by atoms with Crippen LogP contribution < -0.4 is 5.56 Å². The zero-order chi connectivity index (χ0) is 24.7. The lowest BCUT2D eigenvalue weighted by Crippen LogP contribution is -2.35. The Balaban J connectivity index is 1.83. The quantitative estimate of drug-likeness (QED) is 0.404. The van der Waals surface area contributed by atoms with Crippen molar-refractivity contribution in [2.45, 2.75) is 44.0 Å². The van der Waals surface area contributed by atoms with Crippen molar-refractivity contribution < 1.29 is 8.42 Å². The zero-order valence-corrected chi connectivity index (χ0v) is 20.9. The number of fused-ring (bicyclic) bond motifs is 1. The average molecular weight is 476 g/mol. The fourth-order valence-electron chi connectivity index (χ4n) is 3.92. The SMILES string of the molecule is CC(c1nc2ccccc2c(=O)n1-c1ccccc1)N(C)S(=O)(=O)c1ccc(C(C)(C)C)cc1. The first kappa shape index (κ1) is 23.9. The van der Waals surface area contributed by atoms with Crippen molar-refractivity contribution in [3.63, 3.8) is 0 Å². The van der Waals surface area contributed by atoms with E-state index >= 15 is 0 Å². The van der Waals surface area contributed by atoms with Crippen LogP contribution in [0, 0.1) is 0 Å². The number of sulfonamides is 1. The molecule has 0 aliphatic heterocycles. The third-order valence-electron chi connectivity index (χ3n) is 6.13. The van der Waals surface area contributed by atoms with Crippen LogP contribution in [0.15, 0.2) is 88.6 Å². The van der Waals surface area contributed by atoms with Crippen LogP contribution in [-0.2, 0) is 15.4 Å². The predicted octanol–water partition coefficient (Wildman–Crippen LogP) is 5.06. The molecular formula is C27H29N3O3S. The second kappa shape index (κ2) is 8.81. The van der Waals surface area contributed by atoms with Crippen LogP contribution in [0.25, 0.3) is 16.6 Å². The molecular weight excluding hydrogens is 446 g/mol. The summed E-state index contributed by atoms with van der Waals surface area (Å²) in [6.07, 6.45) is 0. The van der Waals surface area contributed by atoms with Crippen LogP contribution in [0.5, 0.6) is 0 Å². The van der Waals surface area contributed by atoms with Crippen molar-refractivity contribution in [3.05, 3.63) is 101 Å². The Morgan fingerprint density at radius 2 is 1.47 bits per heavy atom. The van der Waals surface area contributed by atoms with Gasteiger partial charge in [0, 0.05) is 7.05 Å². The number of hydrogen-bond donors (Lipinski definition) is 0. The smallest absolute Gasteiger partial charge is 0.266 e. The summed E-state index contributed by atoms with van der Waals surface area (Å²) in [5.74, 6) is 0.354. The highest BCUT2D eigenvalue weighted by molar-refractivity contribution is 7.89. The summed E-state index contributed by atoms with van der Waals surface area (Å²) in [6.45, 7) is 7.99. The van der Waals surface area contributed by atoms with Gasteiger partial charge in [-0.2, -0.15) is 4.31 Å². The molecule has 1 heterocycles. The van der Waals surface area contributed by atoms with Crippen LogP contribution >= 0.6 is 0 Å². The van der Waals surface area contributed by atoms with E-state index in [1.165, 1.54) is 15.9 Å². The molecule has 7 heteroatoms. The summed E-state index contributed by atoms with van der Waals surface area (Å²) in [7, 11) is -2.31. The largest absolute Gasteiger partial charge is 0.268 e. The van der Waals surface area contributed by atoms with Crippen LogP contribution in [0.4, 0.5) is 0 Å². The topological polar surface area (TPSA) is 72.3 Å². The third-order valence-corrected chi connectivity index (χ3v) is 8.07. The normalized spacial score (nSPS) is 13.4. The molecule has 0 amide bonds. The molecule has 0 aliphatic carbocycles. The predicted molar refractivity (Wildman–Crippen MR) is 136 cm³/mol. The number of rotatable bonds is 5. The van der Waals surface area contributed by atoms with Gasteiger partial charge in [0.05, 0.1) is 27.5 Å². The van der Waals surface area contributed by atoms with E-state index in [1.54, 1.807) is 37.3 Å². The van der Waals surface area contributed by atoms with E-state index in [2.05, 4.69) is 20.8 Å². The molecule has 4 aromatic rings. The van der Waals surface area contributed by atoms with Gasteiger partial charge in [-0.1, -0.05) is 63.2 Å². The molecule has 6 nitrogen and oxygen atoms in total. The zero-order valence-electron chi connectivity index (χ0n) is 20.1. The Kier molecular flexibility index (Phi) is 6.18. The van der Waals surface area contributed by atoms with E-state index in [1.807, 2.05) is 48.5 Å². The molecule has 4 rings (SSSR count). The van der Waals surface area contributed by atoms with Gasteiger partial charge in [-0.25, -0.2) is 13.4 Å². The first-order valence-corrected chi connectivity index (χ1v) is 12.6. The minimum absolute atomic E-state index is 0.0811. The lowest BCUT2D eigenvalue weighted by atomic mass is 9.87. The molecule has 1 aromatic heterocycles. The van der Waals surface area contributed by atoms with Crippen LogP contribution in [0.3, 0.4) is 0 Å². The Hall–Kier alpha value is -3.29. The first-order valence-electron chi connectivity index (χ1n) is 11.2. The molecule has 176 valence electrons. The second-order valence-corrected chi connectivity index (χ2v) is 11.4. The number of para-hydroxylation sites is 2. The third kappa shape index (κ3) is 4.29. The van der Waals surface area contributed by atoms with Gasteiger partial charge >= 0.3 is 0 Å². The van der Waals surface area contributed by atoms with Crippen molar-refractivity contribution in [3.8, 4) is 5.69 Å². The van der Waals surface area contributed by atoms with E-state index < -0.39 is 16.1 Å². The summed E-state index contributed by atoms with van der Waals surface area (Å²) in [6, 6.07) is 22.5. The molecule has 0 saturated carbocycles. The number of hydrogen-bond acceptors (Lipinski definition) is 4. The molecule has 0 aliphatic rings. The van der Waals surface area contributed by atoms with Gasteiger partial charge in [0.25, 0.3) is 5.56 Å². The summed E-state index contributed by atoms with van der Waals surface area (Å²) in [5.41, 5.74) is 1.90. The molecule has 0 radical (unpaired) electrons. The number of nitrogens with zero attached hydrogens (tertiary/aromatic N) is 3. The summed E-state index contributed by atoms with van der Waals surface area (Å²) >= 11 is 0. The minimum Gasteiger partial charge on any atom is -0.268 e. The Morgan fingerprint density at radius 1 is 0.882 bits per heavy atom. The van der Waals surface area contributed by atoms with Crippen LogP contribution in [0.1, 0.15) is 45.1 Å². The maximum absolute atomic E-state index is 13.5. The fraction of sp³-hybridized carbons (Fsp3) is 0.259. The van der Waals surface area contributed by atoms with E-state index in [0.717, 1.165) is 5.56 Å². The molecule has 0 bridgehead atoms. The van der Waals surface area contributed by atoms with Crippen LogP contribution in [-0.4, -0.2) is 29.3 Å². The molecule has 34 heavy (non-hydrogen) atoms. The maximum atomic E-state index is 13.5. The van der Waals surface area contributed by atoms with E-state index in [4.69, 9.17) is 4.98 Å². The maximum Gasteiger partial charge on any atom is 0.266 e. The fourth-order valence-corrected chi connectivity index (χ4v) is 5.24. The molecule has 0 N–H and O–H groups in total. The van der Waals surface area contributed by atoms with E-state index in [0.29, 0.717) is 22.4 Å². The highest BCUT2D eigenvalue weighted by Gasteiger charge is 2.30. The number of aromatic nitrogens is 2. The minimum atomic E-state index is -3.84. The van der Waals surface area contributed by atoms with Crippen molar-refractivity contribution in [2.75, 3.05) is 7.05 Å². The average Bonchev–Trinajstić information content (AvgIpc) is 2.83. The van der Waals surface area contributed by atoms with Gasteiger partial charge in [-0.3, -0.25) is 9.36 Å². The van der Waals surface area contributed by atoms with Crippen molar-refractivity contribution in [1.82, 2.24) is 13.9 Å². The standard InChI is InChI=1S/C27H29N3O3S/c1-19(29(5)34(32,33)22-17-15-20(16-18-22)27(2,3)4)25-28-24-14-10-9-13-23(24)26(31)30(25)21-11-7-6-8-12-21/h6-19H,1-5H3. The van der Waals surface area contributed by atoms with E-state index in [-0.39, 0.29) is 15.9 Å². The summed E-state index contributed by atoms with van der Waals surface area (Å²) < 4.78 is 29.8. The highest BCUT2D eigenvalue weighted by Crippen LogP contribution is 2.29. The Morgan fingerprint density at radius 3 is 2.09 bits per heavy atom. The van der Waals surface area contributed by atoms with Gasteiger partial charge in [0.2, 0.25) is 10.0 Å². The lowest BCUT2D eigenvalue weighted by molar-refractivity contribution is 0.379. The Bertz CT molecular complexity index is 1490. The van der Waals surface area contributed by atoms with Crippen molar-refractivity contribution >= 4 is 20.9 Å².